The molecule has 6 rings (SSSR count). The van der Waals surface area contributed by atoms with Gasteiger partial charge in [-0.15, -0.1) is 10.2 Å². The maximum absolute atomic E-state index is 12.2. The quantitative estimate of drug-likeness (QED) is 0.458. The molecule has 0 radical (unpaired) electrons. The van der Waals surface area contributed by atoms with Crippen molar-refractivity contribution in [2.24, 2.45) is 22.7 Å². The van der Waals surface area contributed by atoms with Crippen LogP contribution in [0.15, 0.2) is 35.6 Å². The van der Waals surface area contributed by atoms with E-state index in [9.17, 15) is 9.59 Å². The number of carbonyl (C=O) groups is 2. The Labute approximate surface area is 219 Å². The predicted molar refractivity (Wildman–Crippen MR) is 142 cm³/mol. The molecule has 1 aromatic carbocycles. The van der Waals surface area contributed by atoms with Crippen LogP contribution in [0.3, 0.4) is 0 Å². The van der Waals surface area contributed by atoms with Gasteiger partial charge in [0.05, 0.1) is 29.7 Å². The minimum atomic E-state index is -0.743. The number of hydrogen-bond acceptors (Lipinski definition) is 8. The van der Waals surface area contributed by atoms with Crippen molar-refractivity contribution in [3.8, 4) is 5.75 Å². The summed E-state index contributed by atoms with van der Waals surface area (Å²) in [7, 11) is 1.58. The summed E-state index contributed by atoms with van der Waals surface area (Å²) < 4.78 is 13.6. The van der Waals surface area contributed by atoms with Crippen molar-refractivity contribution in [1.82, 2.24) is 10.2 Å². The van der Waals surface area contributed by atoms with Crippen LogP contribution < -0.4 is 21.1 Å². The van der Waals surface area contributed by atoms with E-state index in [1.165, 1.54) is 0 Å². The summed E-state index contributed by atoms with van der Waals surface area (Å²) in [6, 6.07) is 7.20. The van der Waals surface area contributed by atoms with Crippen molar-refractivity contribution in [2.45, 2.75) is 44.1 Å². The van der Waals surface area contributed by atoms with Gasteiger partial charge in [0.25, 0.3) is 5.91 Å². The number of carbonyl (C=O) groups excluding carboxylic acids is 2. The molecule has 4 aliphatic rings. The fraction of sp³-hybridized carbons (Fsp3) is 0.407. The Balaban J connectivity index is 1.26. The molecule has 2 aliphatic carbocycles. The number of amides is 2. The summed E-state index contributed by atoms with van der Waals surface area (Å²) in [6.45, 7) is 0.792. The molecule has 1 saturated heterocycles. The van der Waals surface area contributed by atoms with Crippen molar-refractivity contribution >= 4 is 47.0 Å². The summed E-state index contributed by atoms with van der Waals surface area (Å²) in [5, 5.41) is 18.4. The first-order chi connectivity index (χ1) is 18.4. The van der Waals surface area contributed by atoms with Crippen LogP contribution in [0.25, 0.3) is 5.57 Å². The van der Waals surface area contributed by atoms with Gasteiger partial charge in [0.2, 0.25) is 12.1 Å². The molecule has 3 heterocycles. The Bertz CT molecular complexity index is 1390. The molecule has 2 aromatic rings. The van der Waals surface area contributed by atoms with E-state index in [-0.39, 0.29) is 28.9 Å². The first kappa shape index (κ1) is 24.2. The average molecular weight is 517 g/mol. The Morgan fingerprint density at radius 2 is 2.05 bits per heavy atom. The van der Waals surface area contributed by atoms with Gasteiger partial charge < -0.3 is 25.8 Å². The zero-order valence-electron chi connectivity index (χ0n) is 21.1. The highest BCUT2D eigenvalue weighted by molar-refractivity contribution is 6.12. The van der Waals surface area contributed by atoms with Crippen molar-refractivity contribution in [3.63, 3.8) is 0 Å². The zero-order valence-corrected chi connectivity index (χ0v) is 21.1. The number of allylic oxidation sites excluding steroid dienone is 1. The summed E-state index contributed by atoms with van der Waals surface area (Å²) >= 11 is 0. The molecule has 38 heavy (non-hydrogen) atoms. The van der Waals surface area contributed by atoms with Crippen LogP contribution in [-0.4, -0.2) is 58.4 Å². The monoisotopic (exact) mass is 516 g/mol. The van der Waals surface area contributed by atoms with Crippen molar-refractivity contribution in [2.75, 3.05) is 24.4 Å². The lowest BCUT2D eigenvalue weighted by molar-refractivity contribution is -0.454. The van der Waals surface area contributed by atoms with Crippen LogP contribution in [0.5, 0.6) is 5.75 Å². The number of methoxy groups -OCH3 is 1. The van der Waals surface area contributed by atoms with E-state index >= 15 is 0 Å². The smallest absolute Gasteiger partial charge is 0.271 e. The standard InChI is InChI=1S/C27H29N7O4/c1-37-24-19(18-13-29-34(15-18)14-16-7-10-38-27(12-16)8-9-27)3-2-4-20(24)30-21-11-22(31-26(36)17-5-6-17)32-33-23(21)25(28)35/h2-4,11,13-17H,5-10,12H2,1H3,(H3-,28,30,31,32,35,36)/p+1/b34-14-. The van der Waals surface area contributed by atoms with Crippen LogP contribution in [0.2, 0.25) is 0 Å². The fourth-order valence-corrected chi connectivity index (χ4v) is 4.99. The molecule has 11 nitrogen and oxygen atoms in total. The Hall–Kier alpha value is -4.12. The van der Waals surface area contributed by atoms with E-state index in [0.29, 0.717) is 23.0 Å². The lowest BCUT2D eigenvalue weighted by Crippen LogP contribution is -2.29. The van der Waals surface area contributed by atoms with Crippen LogP contribution >= 0.6 is 0 Å². The van der Waals surface area contributed by atoms with Gasteiger partial charge in [0.1, 0.15) is 12.0 Å². The molecule has 4 N–H and O–H groups in total. The third-order valence-electron chi connectivity index (χ3n) is 7.33. The average Bonchev–Trinajstić information content (AvgIpc) is 3.83. The molecular formula is C27H30N7O4+. The minimum Gasteiger partial charge on any atom is -0.494 e. The molecule has 1 spiro atoms. The number of hydrazone groups is 1. The van der Waals surface area contributed by atoms with Crippen LogP contribution in [0.4, 0.5) is 17.2 Å². The highest BCUT2D eigenvalue weighted by Crippen LogP contribution is 2.47. The molecule has 196 valence electrons. The number of benzene rings is 1. The van der Waals surface area contributed by atoms with E-state index in [1.54, 1.807) is 19.4 Å². The number of nitrogens with two attached hydrogens (primary N) is 1. The van der Waals surface area contributed by atoms with Gasteiger partial charge in [-0.25, -0.2) is 0 Å². The SMILES string of the molecule is COc1c(Nc2cc(NC(=O)C3CC3)nnc2C(N)=O)cccc1C1=C/[N+](=C/C2CCOC3(CC3)C2)N=C1. The number of anilines is 3. The summed E-state index contributed by atoms with van der Waals surface area (Å²) in [5.74, 6) is 0.370. The number of rotatable bonds is 8. The largest absolute Gasteiger partial charge is 0.494 e. The Morgan fingerprint density at radius 1 is 1.21 bits per heavy atom. The summed E-state index contributed by atoms with van der Waals surface area (Å²) in [4.78, 5) is 24.3. The molecule has 11 heteroatoms. The Kier molecular flexibility index (Phi) is 6.15. The maximum atomic E-state index is 12.2. The second kappa shape index (κ2) is 9.64. The maximum Gasteiger partial charge on any atom is 0.271 e. The van der Waals surface area contributed by atoms with E-state index in [2.05, 4.69) is 32.1 Å². The minimum absolute atomic E-state index is 0.000215. The topological polar surface area (TPSA) is 144 Å². The number of primary amides is 1. The molecule has 1 aromatic heterocycles. The third-order valence-corrected chi connectivity index (χ3v) is 7.33. The van der Waals surface area contributed by atoms with Crippen LogP contribution in [-0.2, 0) is 9.53 Å². The zero-order chi connectivity index (χ0) is 26.3. The number of para-hydroxylation sites is 1. The highest BCUT2D eigenvalue weighted by atomic mass is 16.5. The molecule has 0 bridgehead atoms. The van der Waals surface area contributed by atoms with Gasteiger partial charge in [-0.3, -0.25) is 9.59 Å². The van der Waals surface area contributed by atoms with Gasteiger partial charge in [0.15, 0.2) is 17.7 Å². The summed E-state index contributed by atoms with van der Waals surface area (Å²) in [6.07, 6.45) is 12.0. The third kappa shape index (κ3) is 5.01. The first-order valence-electron chi connectivity index (χ1n) is 12.9. The second-order valence-corrected chi connectivity index (χ2v) is 10.3. The number of ether oxygens (including phenoxy) is 2. The van der Waals surface area contributed by atoms with Crippen molar-refractivity contribution in [3.05, 3.63) is 41.7 Å². The highest BCUT2D eigenvalue weighted by Gasteiger charge is 2.48. The van der Waals surface area contributed by atoms with Crippen molar-refractivity contribution in [1.29, 1.82) is 0 Å². The van der Waals surface area contributed by atoms with Gasteiger partial charge in [0, 0.05) is 30.1 Å². The molecule has 2 amide bonds. The number of nitrogens with one attached hydrogen (secondary N) is 2. The molecule has 2 saturated carbocycles. The molecule has 1 unspecified atom stereocenters. The van der Waals surface area contributed by atoms with Gasteiger partial charge in [-0.2, -0.15) is 0 Å². The first-order valence-corrected chi connectivity index (χ1v) is 12.9. The van der Waals surface area contributed by atoms with E-state index < -0.39 is 5.91 Å². The van der Waals surface area contributed by atoms with Gasteiger partial charge in [-0.1, -0.05) is 16.8 Å². The van der Waals surface area contributed by atoms with Crippen LogP contribution in [0, 0.1) is 11.8 Å². The van der Waals surface area contributed by atoms with E-state index in [4.69, 9.17) is 15.2 Å². The van der Waals surface area contributed by atoms with E-state index in [1.807, 2.05) is 29.1 Å². The Morgan fingerprint density at radius 3 is 2.79 bits per heavy atom. The molecular weight excluding hydrogens is 486 g/mol. The normalized spacial score (nSPS) is 22.3. The van der Waals surface area contributed by atoms with Gasteiger partial charge in [-0.05, 0) is 49.7 Å². The second-order valence-electron chi connectivity index (χ2n) is 10.3. The summed E-state index contributed by atoms with van der Waals surface area (Å²) in [5.41, 5.74) is 8.22. The predicted octanol–water partition coefficient (Wildman–Crippen LogP) is 3.06. The van der Waals surface area contributed by atoms with Crippen molar-refractivity contribution < 1.29 is 23.7 Å². The molecule has 1 atom stereocenters. The molecule has 2 aliphatic heterocycles. The lowest BCUT2D eigenvalue weighted by atomic mass is 9.95. The number of nitrogens with zero attached hydrogens (tertiary/aromatic N) is 4. The molecule has 3 fully saturated rings. The number of aromatic nitrogens is 2. The van der Waals surface area contributed by atoms with E-state index in [0.717, 1.165) is 56.3 Å². The lowest BCUT2D eigenvalue weighted by Gasteiger charge is -2.25. The number of hydrogen-bond donors (Lipinski definition) is 3. The van der Waals surface area contributed by atoms with Gasteiger partial charge >= 0.3 is 0 Å². The fourth-order valence-electron chi connectivity index (χ4n) is 4.99. The van der Waals surface area contributed by atoms with Crippen LogP contribution in [0.1, 0.15) is 54.6 Å².